The van der Waals surface area contributed by atoms with Gasteiger partial charge in [-0.2, -0.15) is 0 Å². The van der Waals surface area contributed by atoms with Crippen molar-refractivity contribution in [1.29, 1.82) is 0 Å². The Morgan fingerprint density at radius 2 is 1.05 bits per heavy atom. The van der Waals surface area contributed by atoms with Crippen molar-refractivity contribution in [3.05, 3.63) is 155 Å². The van der Waals surface area contributed by atoms with Crippen molar-refractivity contribution in [1.82, 2.24) is 9.97 Å². The third kappa shape index (κ3) is 4.62. The average Bonchev–Trinajstić information content (AvgIpc) is 3.85. The molecule has 0 fully saturated rings. The van der Waals surface area contributed by atoms with Gasteiger partial charge in [0.15, 0.2) is 0 Å². The number of aromatic amines is 2. The van der Waals surface area contributed by atoms with Gasteiger partial charge in [-0.15, -0.1) is 0 Å². The lowest BCUT2D eigenvalue weighted by atomic mass is 9.76. The van der Waals surface area contributed by atoms with E-state index in [1.165, 1.54) is 0 Å². The van der Waals surface area contributed by atoms with E-state index < -0.39 is 0 Å². The first-order valence-corrected chi connectivity index (χ1v) is 15.4. The maximum atomic E-state index is 5.39. The molecule has 0 unspecified atom stereocenters. The van der Waals surface area contributed by atoms with E-state index in [0.717, 1.165) is 87.1 Å². The molecule has 8 bridgehead atoms. The Balaban J connectivity index is 1.52. The quantitative estimate of drug-likeness (QED) is 0.243. The average molecular weight is 563 g/mol. The van der Waals surface area contributed by atoms with Crippen LogP contribution in [0, 0.1) is 5.41 Å². The highest BCUT2D eigenvalue weighted by atomic mass is 14.9. The van der Waals surface area contributed by atoms with E-state index in [-0.39, 0.29) is 10.8 Å². The monoisotopic (exact) mass is 562 g/mol. The molecule has 2 aromatic carbocycles. The summed E-state index contributed by atoms with van der Waals surface area (Å²) in [6.07, 6.45) is 12.0. The van der Waals surface area contributed by atoms with Crippen molar-refractivity contribution in [3.63, 3.8) is 0 Å². The Morgan fingerprint density at radius 3 is 1.49 bits per heavy atom. The predicted molar refractivity (Wildman–Crippen MR) is 179 cm³/mol. The van der Waals surface area contributed by atoms with Gasteiger partial charge in [-0.3, -0.25) is 9.98 Å². The van der Waals surface area contributed by atoms with Gasteiger partial charge in [0, 0.05) is 39.3 Å². The number of aromatic nitrogens is 2. The summed E-state index contributed by atoms with van der Waals surface area (Å²) in [5.41, 5.74) is 12.4. The van der Waals surface area contributed by atoms with Crippen LogP contribution >= 0.6 is 0 Å². The van der Waals surface area contributed by atoms with Crippen LogP contribution in [0.1, 0.15) is 80.9 Å². The summed E-state index contributed by atoms with van der Waals surface area (Å²) >= 11 is 0. The Labute approximate surface area is 254 Å². The molecule has 0 saturated carbocycles. The molecule has 0 aliphatic carbocycles. The fraction of sp³-hybridized carbons (Fsp3) is 0.231. The molecule has 0 amide bonds. The van der Waals surface area contributed by atoms with Crippen molar-refractivity contribution in [2.75, 3.05) is 0 Å². The van der Waals surface area contributed by atoms with Crippen LogP contribution in [0.4, 0.5) is 0 Å². The van der Waals surface area contributed by atoms with Crippen LogP contribution in [0.25, 0.3) is 11.1 Å². The minimum absolute atomic E-state index is 0.287. The van der Waals surface area contributed by atoms with Gasteiger partial charge in [0.05, 0.1) is 28.2 Å². The lowest BCUT2D eigenvalue weighted by Crippen LogP contribution is -2.33. The van der Waals surface area contributed by atoms with E-state index >= 15 is 0 Å². The van der Waals surface area contributed by atoms with E-state index in [1.54, 1.807) is 0 Å². The summed E-state index contributed by atoms with van der Waals surface area (Å²) in [5.74, 6) is 0. The normalized spacial score (nSPS) is 21.7. The lowest BCUT2D eigenvalue weighted by Gasteiger charge is -2.28. The van der Waals surface area contributed by atoms with Crippen LogP contribution in [0.2, 0.25) is 0 Å². The first-order chi connectivity index (χ1) is 20.9. The molecule has 4 nitrogen and oxygen atoms in total. The molecule has 2 aromatic heterocycles. The van der Waals surface area contributed by atoms with Crippen molar-refractivity contribution < 1.29 is 0 Å². The molecule has 0 radical (unpaired) electrons. The van der Waals surface area contributed by atoms with Crippen LogP contribution in [0.15, 0.2) is 131 Å². The SMILES string of the molecule is CCCCC1(C)C2=N/C(=C(/c3ccccc3)c3ccc([nH]3)C(C)(C)c3ccc([nH]3)/C(c3ccccc3)=C3/C=CC1=N3)C=C2. The molecule has 3 aliphatic rings. The smallest absolute Gasteiger partial charge is 0.0733 e. The molecule has 0 atom stereocenters. The number of allylic oxidation sites excluding steroid dienone is 4. The molecule has 5 heterocycles. The summed E-state index contributed by atoms with van der Waals surface area (Å²) in [7, 11) is 0. The third-order valence-corrected chi connectivity index (χ3v) is 9.34. The second kappa shape index (κ2) is 10.5. The van der Waals surface area contributed by atoms with Gasteiger partial charge >= 0.3 is 0 Å². The highest BCUT2D eigenvalue weighted by Crippen LogP contribution is 2.41. The van der Waals surface area contributed by atoms with E-state index in [4.69, 9.17) is 9.98 Å². The number of H-pyrrole nitrogens is 2. The van der Waals surface area contributed by atoms with Crippen molar-refractivity contribution in [2.24, 2.45) is 15.4 Å². The molecule has 4 heteroatoms. The van der Waals surface area contributed by atoms with Crippen molar-refractivity contribution in [3.8, 4) is 0 Å². The fourth-order valence-electron chi connectivity index (χ4n) is 6.58. The summed E-state index contributed by atoms with van der Waals surface area (Å²) in [5, 5.41) is 0. The number of fused-ring (bicyclic) bond motifs is 6. The van der Waals surface area contributed by atoms with Crippen LogP contribution in [0.5, 0.6) is 0 Å². The molecule has 7 rings (SSSR count). The molecular formula is C39H38N4. The zero-order chi connectivity index (χ0) is 29.6. The van der Waals surface area contributed by atoms with Gasteiger partial charge in [-0.1, -0.05) is 80.4 Å². The summed E-state index contributed by atoms with van der Waals surface area (Å²) in [6.45, 7) is 9.10. The van der Waals surface area contributed by atoms with Gasteiger partial charge in [0.25, 0.3) is 0 Å². The highest BCUT2D eigenvalue weighted by molar-refractivity contribution is 6.22. The van der Waals surface area contributed by atoms with Gasteiger partial charge in [-0.25, -0.2) is 0 Å². The van der Waals surface area contributed by atoms with Gasteiger partial charge < -0.3 is 9.97 Å². The second-order valence-corrected chi connectivity index (χ2v) is 12.5. The zero-order valence-electron chi connectivity index (χ0n) is 25.4. The molecule has 0 saturated heterocycles. The van der Waals surface area contributed by atoms with Crippen LogP contribution in [-0.2, 0) is 5.41 Å². The van der Waals surface area contributed by atoms with E-state index in [1.807, 2.05) is 0 Å². The molecule has 214 valence electrons. The number of rotatable bonds is 5. The Hall–Kier alpha value is -4.70. The van der Waals surface area contributed by atoms with Crippen molar-refractivity contribution >= 4 is 22.6 Å². The molecule has 4 aromatic rings. The van der Waals surface area contributed by atoms with Crippen LogP contribution < -0.4 is 0 Å². The largest absolute Gasteiger partial charge is 0.358 e. The Bertz CT molecular complexity index is 1740. The summed E-state index contributed by atoms with van der Waals surface area (Å²) < 4.78 is 0. The minimum Gasteiger partial charge on any atom is -0.358 e. The number of nitrogens with zero attached hydrogens (tertiary/aromatic N) is 2. The number of hydrogen-bond acceptors (Lipinski definition) is 2. The molecule has 0 spiro atoms. The Kier molecular flexibility index (Phi) is 6.65. The maximum Gasteiger partial charge on any atom is 0.0733 e. The first kappa shape index (κ1) is 27.2. The number of benzene rings is 2. The standard InChI is InChI=1S/C39H38N4/c1-5-6-25-39(4)34-23-19-30(42-34)36(26-13-9-7-10-14-26)28-17-21-32(40-28)38(2,3)33-22-18-29(41-33)37(27-15-11-8-12-16-27)31-20-24-35(39)43-31/h7-24,40-41H,5-6,25H2,1-4H3/b36-30-,37-31-. The van der Waals surface area contributed by atoms with Crippen LogP contribution in [0.3, 0.4) is 0 Å². The van der Waals surface area contributed by atoms with Crippen LogP contribution in [-0.4, -0.2) is 21.4 Å². The van der Waals surface area contributed by atoms with Gasteiger partial charge in [0.1, 0.15) is 0 Å². The minimum atomic E-state index is -0.322. The number of hydrogen-bond donors (Lipinski definition) is 2. The zero-order valence-corrected chi connectivity index (χ0v) is 25.4. The van der Waals surface area contributed by atoms with Gasteiger partial charge in [-0.05, 0) is 86.9 Å². The highest BCUT2D eigenvalue weighted by Gasteiger charge is 2.37. The summed E-state index contributed by atoms with van der Waals surface area (Å²) in [4.78, 5) is 18.4. The topological polar surface area (TPSA) is 56.3 Å². The number of aliphatic imine (C=N–C) groups is 2. The maximum absolute atomic E-state index is 5.39. The molecule has 3 aliphatic heterocycles. The second-order valence-electron chi connectivity index (χ2n) is 12.5. The summed E-state index contributed by atoms with van der Waals surface area (Å²) in [6, 6.07) is 30.1. The van der Waals surface area contributed by atoms with Gasteiger partial charge in [0.2, 0.25) is 0 Å². The molecule has 43 heavy (non-hydrogen) atoms. The van der Waals surface area contributed by atoms with Crippen molar-refractivity contribution in [2.45, 2.75) is 52.4 Å². The van der Waals surface area contributed by atoms with E-state index in [0.29, 0.717) is 0 Å². The fourth-order valence-corrected chi connectivity index (χ4v) is 6.58. The molecule has 2 N–H and O–H groups in total. The van der Waals surface area contributed by atoms with E-state index in [9.17, 15) is 0 Å². The molecular weight excluding hydrogens is 524 g/mol. The Morgan fingerprint density at radius 1 is 0.581 bits per heavy atom. The first-order valence-electron chi connectivity index (χ1n) is 15.4. The predicted octanol–water partition coefficient (Wildman–Crippen LogP) is 9.42. The number of unbranched alkanes of at least 4 members (excludes halogenated alkanes) is 1. The third-order valence-electron chi connectivity index (χ3n) is 9.34. The number of nitrogens with one attached hydrogen (secondary N) is 2. The van der Waals surface area contributed by atoms with E-state index in [2.05, 4.69) is 147 Å². The lowest BCUT2D eigenvalue weighted by molar-refractivity contribution is 0.544.